The molecule has 1 N–H and O–H groups in total. The minimum atomic E-state index is 0.205. The number of aromatic nitrogens is 2. The van der Waals surface area contributed by atoms with Crippen LogP contribution in [0.4, 0.5) is 0 Å². The lowest BCUT2D eigenvalue weighted by Gasteiger charge is -2.20. The fourth-order valence-corrected chi connectivity index (χ4v) is 4.64. The Kier molecular flexibility index (Phi) is 7.81. The zero-order chi connectivity index (χ0) is 22.2. The molecule has 3 aromatic rings. The number of carbonyl (C=O) groups is 1. The van der Waals surface area contributed by atoms with E-state index < -0.39 is 0 Å². The lowest BCUT2D eigenvalue weighted by atomic mass is 9.89. The lowest BCUT2D eigenvalue weighted by molar-refractivity contribution is -0.125. The standard InChI is InChI=1S/C27H35N3O2/c1-21-10-9-13-23(20-21)32-19-8-7-18-30-25-15-6-5-14-24(25)29-26(30)16-17-28-27(31)22-11-3-2-4-12-22/h5-6,9-10,13-15,20,22H,2-4,7-8,11-12,16-19H2,1H3,(H,28,31). The first-order chi connectivity index (χ1) is 15.7. The third-order valence-electron chi connectivity index (χ3n) is 6.39. The number of amides is 1. The number of para-hydroxylation sites is 2. The maximum Gasteiger partial charge on any atom is 0.223 e. The van der Waals surface area contributed by atoms with Gasteiger partial charge in [-0.25, -0.2) is 4.98 Å². The van der Waals surface area contributed by atoms with Crippen molar-refractivity contribution in [1.82, 2.24) is 14.9 Å². The number of nitrogens with zero attached hydrogens (tertiary/aromatic N) is 2. The van der Waals surface area contributed by atoms with E-state index in [1.165, 1.54) is 30.3 Å². The van der Waals surface area contributed by atoms with Crippen LogP contribution in [-0.2, 0) is 17.8 Å². The number of nitrogens with one attached hydrogen (secondary N) is 1. The fourth-order valence-electron chi connectivity index (χ4n) is 4.64. The molecular formula is C27H35N3O2. The first-order valence-electron chi connectivity index (χ1n) is 12.1. The van der Waals surface area contributed by atoms with Gasteiger partial charge in [0.25, 0.3) is 0 Å². The minimum absolute atomic E-state index is 0.205. The van der Waals surface area contributed by atoms with Crippen LogP contribution >= 0.6 is 0 Å². The summed E-state index contributed by atoms with van der Waals surface area (Å²) in [5, 5.41) is 3.16. The monoisotopic (exact) mass is 433 g/mol. The molecule has 32 heavy (non-hydrogen) atoms. The molecule has 1 aromatic heterocycles. The van der Waals surface area contributed by atoms with E-state index in [0.717, 1.165) is 55.7 Å². The Labute approximate surface area is 191 Å². The van der Waals surface area contributed by atoms with Crippen LogP contribution in [0.15, 0.2) is 48.5 Å². The molecule has 0 radical (unpaired) electrons. The van der Waals surface area contributed by atoms with Crippen molar-refractivity contribution in [3.63, 3.8) is 0 Å². The number of imidazole rings is 1. The van der Waals surface area contributed by atoms with Crippen LogP contribution in [0.3, 0.4) is 0 Å². The van der Waals surface area contributed by atoms with Crippen molar-refractivity contribution < 1.29 is 9.53 Å². The predicted octanol–water partition coefficient (Wildman–Crippen LogP) is 5.44. The predicted molar refractivity (Wildman–Crippen MR) is 129 cm³/mol. The largest absolute Gasteiger partial charge is 0.494 e. The number of ether oxygens (including phenoxy) is 1. The molecule has 0 unspecified atom stereocenters. The molecule has 0 spiro atoms. The lowest BCUT2D eigenvalue weighted by Crippen LogP contribution is -2.33. The minimum Gasteiger partial charge on any atom is -0.494 e. The van der Waals surface area contributed by atoms with Crippen LogP contribution in [0.5, 0.6) is 5.75 Å². The highest BCUT2D eigenvalue weighted by molar-refractivity contribution is 5.78. The van der Waals surface area contributed by atoms with Gasteiger partial charge in [0.15, 0.2) is 0 Å². The number of hydrogen-bond acceptors (Lipinski definition) is 3. The van der Waals surface area contributed by atoms with E-state index in [-0.39, 0.29) is 11.8 Å². The third-order valence-corrected chi connectivity index (χ3v) is 6.39. The summed E-state index contributed by atoms with van der Waals surface area (Å²) < 4.78 is 8.21. The van der Waals surface area contributed by atoms with Gasteiger partial charge in [0.05, 0.1) is 17.6 Å². The van der Waals surface area contributed by atoms with Gasteiger partial charge in [-0.1, -0.05) is 43.5 Å². The summed E-state index contributed by atoms with van der Waals surface area (Å²) in [6.07, 6.45) is 8.47. The summed E-state index contributed by atoms with van der Waals surface area (Å²) >= 11 is 0. The van der Waals surface area contributed by atoms with Crippen molar-refractivity contribution in [3.8, 4) is 5.75 Å². The molecule has 170 valence electrons. The summed E-state index contributed by atoms with van der Waals surface area (Å²) in [5.41, 5.74) is 3.41. The highest BCUT2D eigenvalue weighted by atomic mass is 16.5. The van der Waals surface area contributed by atoms with Crippen LogP contribution < -0.4 is 10.1 Å². The summed E-state index contributed by atoms with van der Waals surface area (Å²) in [6.45, 7) is 4.34. The van der Waals surface area contributed by atoms with E-state index in [0.29, 0.717) is 13.2 Å². The van der Waals surface area contributed by atoms with E-state index in [1.807, 2.05) is 18.2 Å². The number of fused-ring (bicyclic) bond motifs is 1. The molecule has 0 saturated heterocycles. The second kappa shape index (κ2) is 11.2. The number of benzene rings is 2. The van der Waals surface area contributed by atoms with Crippen molar-refractivity contribution >= 4 is 16.9 Å². The Hall–Kier alpha value is -2.82. The van der Waals surface area contributed by atoms with Gasteiger partial charge in [0.2, 0.25) is 5.91 Å². The normalized spacial score (nSPS) is 14.5. The van der Waals surface area contributed by atoms with E-state index >= 15 is 0 Å². The van der Waals surface area contributed by atoms with Crippen molar-refractivity contribution in [2.75, 3.05) is 13.2 Å². The first-order valence-corrected chi connectivity index (χ1v) is 12.1. The number of carbonyl (C=O) groups excluding carboxylic acids is 1. The quantitative estimate of drug-likeness (QED) is 0.433. The topological polar surface area (TPSA) is 56.1 Å². The average molecular weight is 434 g/mol. The maximum atomic E-state index is 12.5. The van der Waals surface area contributed by atoms with Gasteiger partial charge in [-0.3, -0.25) is 4.79 Å². The van der Waals surface area contributed by atoms with Gasteiger partial charge in [-0.05, 0) is 62.4 Å². The molecule has 5 nitrogen and oxygen atoms in total. The highest BCUT2D eigenvalue weighted by Crippen LogP contribution is 2.23. The van der Waals surface area contributed by atoms with E-state index in [2.05, 4.69) is 47.1 Å². The molecule has 2 aromatic carbocycles. The van der Waals surface area contributed by atoms with Crippen molar-refractivity contribution in [2.45, 2.75) is 64.8 Å². The molecule has 1 aliphatic rings. The number of hydrogen-bond donors (Lipinski definition) is 1. The van der Waals surface area contributed by atoms with E-state index in [4.69, 9.17) is 9.72 Å². The highest BCUT2D eigenvalue weighted by Gasteiger charge is 2.20. The molecular weight excluding hydrogens is 398 g/mol. The smallest absolute Gasteiger partial charge is 0.223 e. The molecule has 5 heteroatoms. The van der Waals surface area contributed by atoms with Gasteiger partial charge < -0.3 is 14.6 Å². The molecule has 4 rings (SSSR count). The Bertz CT molecular complexity index is 1020. The maximum absolute atomic E-state index is 12.5. The molecule has 0 bridgehead atoms. The molecule has 1 heterocycles. The molecule has 1 saturated carbocycles. The Morgan fingerprint density at radius 2 is 1.94 bits per heavy atom. The van der Waals surface area contributed by atoms with Crippen LogP contribution in [0.2, 0.25) is 0 Å². The van der Waals surface area contributed by atoms with Crippen molar-refractivity contribution in [3.05, 3.63) is 59.9 Å². The summed E-state index contributed by atoms with van der Waals surface area (Å²) in [4.78, 5) is 17.3. The van der Waals surface area contributed by atoms with Gasteiger partial charge in [-0.15, -0.1) is 0 Å². The second-order valence-electron chi connectivity index (χ2n) is 8.92. The first kappa shape index (κ1) is 22.4. The number of unbranched alkanes of at least 4 members (excludes halogenated alkanes) is 1. The van der Waals surface area contributed by atoms with Crippen molar-refractivity contribution in [1.29, 1.82) is 0 Å². The fraction of sp³-hybridized carbons (Fsp3) is 0.481. The molecule has 1 aliphatic carbocycles. The number of rotatable bonds is 10. The van der Waals surface area contributed by atoms with Crippen molar-refractivity contribution in [2.24, 2.45) is 5.92 Å². The van der Waals surface area contributed by atoms with Crippen LogP contribution in [-0.4, -0.2) is 28.6 Å². The third kappa shape index (κ3) is 5.90. The summed E-state index contributed by atoms with van der Waals surface area (Å²) in [6, 6.07) is 16.5. The number of aryl methyl sites for hydroxylation is 2. The molecule has 1 fully saturated rings. The molecule has 0 aliphatic heterocycles. The van der Waals surface area contributed by atoms with Crippen LogP contribution in [0.25, 0.3) is 11.0 Å². The zero-order valence-corrected chi connectivity index (χ0v) is 19.2. The summed E-state index contributed by atoms with van der Waals surface area (Å²) in [7, 11) is 0. The Morgan fingerprint density at radius 3 is 2.78 bits per heavy atom. The Morgan fingerprint density at radius 1 is 1.09 bits per heavy atom. The van der Waals surface area contributed by atoms with Gasteiger partial charge in [0.1, 0.15) is 11.6 Å². The summed E-state index contributed by atoms with van der Waals surface area (Å²) in [5.74, 6) is 2.42. The molecule has 1 amide bonds. The van der Waals surface area contributed by atoms with E-state index in [1.54, 1.807) is 0 Å². The van der Waals surface area contributed by atoms with Crippen LogP contribution in [0.1, 0.15) is 56.3 Å². The Balaban J connectivity index is 1.30. The van der Waals surface area contributed by atoms with Gasteiger partial charge in [-0.2, -0.15) is 0 Å². The average Bonchev–Trinajstić information content (AvgIpc) is 3.17. The second-order valence-corrected chi connectivity index (χ2v) is 8.92. The zero-order valence-electron chi connectivity index (χ0n) is 19.2. The van der Waals surface area contributed by atoms with Gasteiger partial charge >= 0.3 is 0 Å². The van der Waals surface area contributed by atoms with Crippen LogP contribution in [0, 0.1) is 12.8 Å². The molecule has 0 atom stereocenters. The van der Waals surface area contributed by atoms with Gasteiger partial charge in [0, 0.05) is 25.4 Å². The SMILES string of the molecule is Cc1cccc(OCCCCn2c(CCNC(=O)C3CCCCC3)nc3ccccc32)c1. The van der Waals surface area contributed by atoms with E-state index in [9.17, 15) is 4.79 Å².